The van der Waals surface area contributed by atoms with Gasteiger partial charge in [-0.3, -0.25) is 0 Å². The first kappa shape index (κ1) is 12.5. The maximum absolute atomic E-state index is 9.92. The fourth-order valence-electron chi connectivity index (χ4n) is 1.26. The zero-order chi connectivity index (χ0) is 11.5. The molecule has 1 unspecified atom stereocenters. The number of rotatable bonds is 5. The van der Waals surface area contributed by atoms with E-state index < -0.39 is 6.10 Å². The molecular weight excluding hydrogens is 212 g/mol. The molecule has 15 heavy (non-hydrogen) atoms. The lowest BCUT2D eigenvalue weighted by atomic mass is 9.99. The van der Waals surface area contributed by atoms with Crippen LogP contribution in [0.4, 0.5) is 0 Å². The van der Waals surface area contributed by atoms with Gasteiger partial charge in [-0.1, -0.05) is 4.49 Å². The van der Waals surface area contributed by atoms with Crippen molar-refractivity contribution in [3.05, 3.63) is 10.6 Å². The summed E-state index contributed by atoms with van der Waals surface area (Å²) in [6.07, 6.45) is 1.01. The Hall–Kier alpha value is -0.520. The Balaban J connectivity index is 2.50. The van der Waals surface area contributed by atoms with E-state index in [1.807, 2.05) is 20.8 Å². The fourth-order valence-corrected chi connectivity index (χ4v) is 1.92. The van der Waals surface area contributed by atoms with Gasteiger partial charge in [-0.15, -0.1) is 5.10 Å². The minimum absolute atomic E-state index is 0.187. The maximum atomic E-state index is 9.92. The Morgan fingerprint density at radius 1 is 1.53 bits per heavy atom. The first-order valence-corrected chi connectivity index (χ1v) is 5.75. The summed E-state index contributed by atoms with van der Waals surface area (Å²) in [5.74, 6) is 0. The zero-order valence-electron chi connectivity index (χ0n) is 9.65. The molecule has 0 amide bonds. The van der Waals surface area contributed by atoms with Crippen molar-refractivity contribution in [1.82, 2.24) is 9.59 Å². The van der Waals surface area contributed by atoms with E-state index in [0.717, 1.165) is 17.0 Å². The summed E-state index contributed by atoms with van der Waals surface area (Å²) in [6, 6.07) is 0. The van der Waals surface area contributed by atoms with Crippen LogP contribution in [0.15, 0.2) is 0 Å². The second-order valence-electron chi connectivity index (χ2n) is 4.24. The van der Waals surface area contributed by atoms with Crippen molar-refractivity contribution in [2.45, 2.75) is 45.3 Å². The average molecular weight is 230 g/mol. The highest BCUT2D eigenvalue weighted by atomic mass is 32.1. The van der Waals surface area contributed by atoms with Gasteiger partial charge in [0, 0.05) is 7.11 Å². The number of aliphatic hydroxyl groups is 1. The van der Waals surface area contributed by atoms with Gasteiger partial charge in [0.25, 0.3) is 0 Å². The van der Waals surface area contributed by atoms with E-state index in [9.17, 15) is 5.11 Å². The molecule has 0 saturated heterocycles. The average Bonchev–Trinajstić information content (AvgIpc) is 2.61. The van der Waals surface area contributed by atoms with E-state index >= 15 is 0 Å². The van der Waals surface area contributed by atoms with Crippen molar-refractivity contribution in [2.24, 2.45) is 0 Å². The van der Waals surface area contributed by atoms with Gasteiger partial charge < -0.3 is 9.84 Å². The normalized spacial score (nSPS) is 14.2. The third-order valence-electron chi connectivity index (χ3n) is 2.56. The summed E-state index contributed by atoms with van der Waals surface area (Å²) in [5.41, 5.74) is 0.634. The molecule has 1 N–H and O–H groups in total. The van der Waals surface area contributed by atoms with E-state index in [1.54, 1.807) is 7.11 Å². The van der Waals surface area contributed by atoms with Gasteiger partial charge in [-0.2, -0.15) is 0 Å². The molecule has 0 aliphatic rings. The van der Waals surface area contributed by atoms with E-state index in [1.165, 1.54) is 11.5 Å². The fraction of sp³-hybridized carbons (Fsp3) is 0.800. The predicted octanol–water partition coefficient (Wildman–Crippen LogP) is 2.09. The minimum atomic E-state index is -0.473. The van der Waals surface area contributed by atoms with Crippen LogP contribution in [0.1, 0.15) is 43.4 Å². The molecule has 1 aromatic rings. The molecule has 1 aromatic heterocycles. The molecule has 0 spiro atoms. The molecule has 0 aliphatic heterocycles. The van der Waals surface area contributed by atoms with Crippen molar-refractivity contribution in [2.75, 3.05) is 7.11 Å². The summed E-state index contributed by atoms with van der Waals surface area (Å²) in [6.45, 7) is 5.89. The third kappa shape index (κ3) is 3.52. The first-order chi connectivity index (χ1) is 6.96. The highest BCUT2D eigenvalue weighted by Crippen LogP contribution is 2.27. The van der Waals surface area contributed by atoms with Crippen molar-refractivity contribution in [1.29, 1.82) is 0 Å². The number of aryl methyl sites for hydroxylation is 1. The molecule has 0 aromatic carbocycles. The van der Waals surface area contributed by atoms with Crippen LogP contribution in [0, 0.1) is 6.92 Å². The Morgan fingerprint density at radius 2 is 2.20 bits per heavy atom. The van der Waals surface area contributed by atoms with E-state index in [-0.39, 0.29) is 5.60 Å². The quantitative estimate of drug-likeness (QED) is 0.841. The molecular formula is C10H18N2O2S. The summed E-state index contributed by atoms with van der Waals surface area (Å²) >= 11 is 1.26. The van der Waals surface area contributed by atoms with Crippen LogP contribution in [-0.2, 0) is 4.74 Å². The molecule has 86 valence electrons. The smallest absolute Gasteiger partial charge is 0.0918 e. The van der Waals surface area contributed by atoms with Gasteiger partial charge in [0.2, 0.25) is 0 Å². The monoisotopic (exact) mass is 230 g/mol. The van der Waals surface area contributed by atoms with Crippen LogP contribution in [0.5, 0.6) is 0 Å². The molecule has 0 saturated carbocycles. The summed E-state index contributed by atoms with van der Waals surface area (Å²) in [7, 11) is 1.69. The maximum Gasteiger partial charge on any atom is 0.0918 e. The van der Waals surface area contributed by atoms with Gasteiger partial charge in [-0.05, 0) is 45.1 Å². The summed E-state index contributed by atoms with van der Waals surface area (Å²) in [4.78, 5) is 0.863. The number of ether oxygens (including phenoxy) is 1. The number of nitrogens with zero attached hydrogens (tertiary/aromatic N) is 2. The summed E-state index contributed by atoms with van der Waals surface area (Å²) < 4.78 is 9.10. The molecule has 5 heteroatoms. The SMILES string of the molecule is COC(C)(C)CCC(O)c1snnc1C. The van der Waals surface area contributed by atoms with Crippen LogP contribution in [0.25, 0.3) is 0 Å². The largest absolute Gasteiger partial charge is 0.387 e. The van der Waals surface area contributed by atoms with Crippen LogP contribution < -0.4 is 0 Å². The Morgan fingerprint density at radius 3 is 2.67 bits per heavy atom. The molecule has 1 atom stereocenters. The molecule has 1 rings (SSSR count). The number of aliphatic hydroxyl groups excluding tert-OH is 1. The predicted molar refractivity (Wildman–Crippen MR) is 59.9 cm³/mol. The van der Waals surface area contributed by atoms with Gasteiger partial charge >= 0.3 is 0 Å². The highest BCUT2D eigenvalue weighted by Gasteiger charge is 2.21. The van der Waals surface area contributed by atoms with Crippen LogP contribution in [0.3, 0.4) is 0 Å². The lowest BCUT2D eigenvalue weighted by Gasteiger charge is -2.23. The topological polar surface area (TPSA) is 55.2 Å². The number of aromatic nitrogens is 2. The van der Waals surface area contributed by atoms with E-state index in [2.05, 4.69) is 9.59 Å². The first-order valence-electron chi connectivity index (χ1n) is 4.98. The molecule has 1 heterocycles. The Bertz CT molecular complexity index is 312. The van der Waals surface area contributed by atoms with E-state index in [4.69, 9.17) is 4.74 Å². The standard InChI is InChI=1S/C10H18N2O2S/c1-7-9(15-12-11-7)8(13)5-6-10(2,3)14-4/h8,13H,5-6H2,1-4H3. The Labute approximate surface area is 94.4 Å². The lowest BCUT2D eigenvalue weighted by Crippen LogP contribution is -2.23. The molecule has 0 radical (unpaired) electrons. The van der Waals surface area contributed by atoms with Crippen LogP contribution in [-0.4, -0.2) is 27.4 Å². The van der Waals surface area contributed by atoms with Crippen molar-refractivity contribution >= 4 is 11.5 Å². The van der Waals surface area contributed by atoms with Crippen molar-refractivity contribution in [3.63, 3.8) is 0 Å². The number of methoxy groups -OCH3 is 1. The molecule has 0 bridgehead atoms. The Kier molecular flexibility index (Phi) is 4.19. The highest BCUT2D eigenvalue weighted by molar-refractivity contribution is 7.05. The third-order valence-corrected chi connectivity index (χ3v) is 3.49. The zero-order valence-corrected chi connectivity index (χ0v) is 10.5. The van der Waals surface area contributed by atoms with Crippen molar-refractivity contribution in [3.8, 4) is 0 Å². The molecule has 0 fully saturated rings. The van der Waals surface area contributed by atoms with Gasteiger partial charge in [0.1, 0.15) is 0 Å². The van der Waals surface area contributed by atoms with Gasteiger partial charge in [0.05, 0.1) is 22.3 Å². The van der Waals surface area contributed by atoms with Gasteiger partial charge in [0.15, 0.2) is 0 Å². The second-order valence-corrected chi connectivity index (χ2v) is 5.03. The lowest BCUT2D eigenvalue weighted by molar-refractivity contribution is 0.00302. The summed E-state index contributed by atoms with van der Waals surface area (Å²) in [5, 5.41) is 13.8. The minimum Gasteiger partial charge on any atom is -0.387 e. The van der Waals surface area contributed by atoms with E-state index in [0.29, 0.717) is 6.42 Å². The number of hydrogen-bond acceptors (Lipinski definition) is 5. The van der Waals surface area contributed by atoms with Crippen molar-refractivity contribution < 1.29 is 9.84 Å². The van der Waals surface area contributed by atoms with Gasteiger partial charge in [-0.25, -0.2) is 0 Å². The second kappa shape index (κ2) is 5.01. The number of hydrogen-bond donors (Lipinski definition) is 1. The molecule has 4 nitrogen and oxygen atoms in total. The van der Waals surface area contributed by atoms with Crippen LogP contribution >= 0.6 is 11.5 Å². The van der Waals surface area contributed by atoms with Crippen LogP contribution in [0.2, 0.25) is 0 Å². The molecule has 0 aliphatic carbocycles.